The second-order valence-electron chi connectivity index (χ2n) is 5.30. The quantitative estimate of drug-likeness (QED) is 0.686. The van der Waals surface area contributed by atoms with Crippen LogP contribution < -0.4 is 9.63 Å². The van der Waals surface area contributed by atoms with Gasteiger partial charge in [0.25, 0.3) is 0 Å². The maximum Gasteiger partial charge on any atom is 0.188 e. The summed E-state index contributed by atoms with van der Waals surface area (Å²) in [6.45, 7) is 16.1. The highest BCUT2D eigenvalue weighted by Gasteiger charge is 2.27. The molecule has 2 N–H and O–H groups in total. The highest BCUT2D eigenvalue weighted by Crippen LogP contribution is 2.02. The van der Waals surface area contributed by atoms with Crippen molar-refractivity contribution in [2.75, 3.05) is 0 Å². The summed E-state index contributed by atoms with van der Waals surface area (Å²) in [4.78, 5) is 3.64. The van der Waals surface area contributed by atoms with Crippen molar-refractivity contribution in [1.29, 1.82) is 0 Å². The van der Waals surface area contributed by atoms with E-state index < -0.39 is 16.6 Å². The van der Waals surface area contributed by atoms with Crippen molar-refractivity contribution in [1.82, 2.24) is 9.63 Å². The Morgan fingerprint density at radius 1 is 0.917 bits per heavy atom. The van der Waals surface area contributed by atoms with E-state index in [9.17, 15) is 0 Å². The zero-order valence-corrected chi connectivity index (χ0v) is 11.6. The monoisotopic (exact) mass is 204 g/mol. The van der Waals surface area contributed by atoms with Crippen LogP contribution in [-0.2, 0) is 0 Å². The SMILES string of the molecule is CC(C)N[Si](C)(C)N[Si](C)(C)C. The Morgan fingerprint density at radius 2 is 1.33 bits per heavy atom. The lowest BCUT2D eigenvalue weighted by Gasteiger charge is -2.34. The molecule has 0 aliphatic heterocycles. The van der Waals surface area contributed by atoms with Crippen molar-refractivity contribution in [3.8, 4) is 0 Å². The second kappa shape index (κ2) is 4.04. The molecule has 0 heterocycles. The Hall–Kier alpha value is 0.354. The Balaban J connectivity index is 4.04. The van der Waals surface area contributed by atoms with Gasteiger partial charge in [-0.1, -0.05) is 33.5 Å². The molecule has 0 aromatic carbocycles. The van der Waals surface area contributed by atoms with Gasteiger partial charge in [-0.15, -0.1) is 0 Å². The molecule has 0 saturated carbocycles. The van der Waals surface area contributed by atoms with Gasteiger partial charge in [-0.05, 0) is 19.1 Å². The summed E-state index contributed by atoms with van der Waals surface area (Å²) in [5.74, 6) is 0. The highest BCUT2D eigenvalue weighted by molar-refractivity contribution is 6.89. The standard InChI is InChI=1S/C8H24N2Si2/c1-8(2)9-12(6,7)10-11(3,4)5/h8-10H,1-7H3. The minimum Gasteiger partial charge on any atom is -0.348 e. The normalized spacial score (nSPS) is 14.0. The molecule has 0 unspecified atom stereocenters. The first-order valence-electron chi connectivity index (χ1n) is 4.69. The first kappa shape index (κ1) is 12.4. The van der Waals surface area contributed by atoms with Crippen LogP contribution in [0.2, 0.25) is 32.7 Å². The minimum absolute atomic E-state index is 0.593. The first-order valence-corrected chi connectivity index (χ1v) is 11.2. The fourth-order valence-electron chi connectivity index (χ4n) is 1.70. The fraction of sp³-hybridized carbons (Fsp3) is 1.00. The van der Waals surface area contributed by atoms with Gasteiger partial charge >= 0.3 is 0 Å². The zero-order valence-electron chi connectivity index (χ0n) is 9.58. The summed E-state index contributed by atoms with van der Waals surface area (Å²) in [6.07, 6.45) is 0. The van der Waals surface area contributed by atoms with Crippen molar-refractivity contribution < 1.29 is 0 Å². The largest absolute Gasteiger partial charge is 0.348 e. The molecule has 0 bridgehead atoms. The molecule has 0 spiro atoms. The van der Waals surface area contributed by atoms with Crippen molar-refractivity contribution in [2.45, 2.75) is 52.6 Å². The lowest BCUT2D eigenvalue weighted by Crippen LogP contribution is -2.66. The van der Waals surface area contributed by atoms with Gasteiger partial charge in [0.1, 0.15) is 8.24 Å². The van der Waals surface area contributed by atoms with Crippen LogP contribution in [0.25, 0.3) is 0 Å². The van der Waals surface area contributed by atoms with Gasteiger partial charge in [-0.25, -0.2) is 0 Å². The molecule has 0 radical (unpaired) electrons. The Bertz CT molecular complexity index is 138. The van der Waals surface area contributed by atoms with Crippen molar-refractivity contribution >= 4 is 16.6 Å². The van der Waals surface area contributed by atoms with Gasteiger partial charge in [-0.3, -0.25) is 0 Å². The predicted octanol–water partition coefficient (Wildman–Crippen LogP) is 2.11. The lowest BCUT2D eigenvalue weighted by atomic mass is 10.4. The summed E-state index contributed by atoms with van der Waals surface area (Å²) in [5, 5.41) is 0. The molecule has 74 valence electrons. The number of rotatable bonds is 4. The molecule has 12 heavy (non-hydrogen) atoms. The van der Waals surface area contributed by atoms with Gasteiger partial charge in [0.05, 0.1) is 0 Å². The van der Waals surface area contributed by atoms with Gasteiger partial charge in [-0.2, -0.15) is 0 Å². The smallest absolute Gasteiger partial charge is 0.188 e. The first-order chi connectivity index (χ1) is 5.12. The Morgan fingerprint density at radius 3 is 1.58 bits per heavy atom. The lowest BCUT2D eigenvalue weighted by molar-refractivity contribution is 0.725. The maximum absolute atomic E-state index is 3.79. The van der Waals surface area contributed by atoms with E-state index >= 15 is 0 Å². The third kappa shape index (κ3) is 7.03. The van der Waals surface area contributed by atoms with Crippen LogP contribution in [0.4, 0.5) is 0 Å². The predicted molar refractivity (Wildman–Crippen MR) is 62.2 cm³/mol. The molecule has 0 aliphatic carbocycles. The van der Waals surface area contributed by atoms with Gasteiger partial charge in [0.15, 0.2) is 8.40 Å². The van der Waals surface area contributed by atoms with Gasteiger partial charge < -0.3 is 9.63 Å². The topological polar surface area (TPSA) is 24.1 Å². The zero-order chi connectivity index (χ0) is 9.99. The summed E-state index contributed by atoms with van der Waals surface area (Å²) < 4.78 is 3.79. The van der Waals surface area contributed by atoms with E-state index in [4.69, 9.17) is 0 Å². The van der Waals surface area contributed by atoms with Crippen LogP contribution in [0, 0.1) is 0 Å². The summed E-state index contributed by atoms with van der Waals surface area (Å²) in [6, 6.07) is 0.593. The maximum atomic E-state index is 3.79. The minimum atomic E-state index is -1.34. The summed E-state index contributed by atoms with van der Waals surface area (Å²) >= 11 is 0. The average Bonchev–Trinajstić information content (AvgIpc) is 1.48. The van der Waals surface area contributed by atoms with Crippen LogP contribution in [0.15, 0.2) is 0 Å². The average molecular weight is 204 g/mol. The van der Waals surface area contributed by atoms with Crippen molar-refractivity contribution in [3.63, 3.8) is 0 Å². The second-order valence-corrected chi connectivity index (χ2v) is 14.3. The van der Waals surface area contributed by atoms with Crippen LogP contribution in [-0.4, -0.2) is 22.7 Å². The van der Waals surface area contributed by atoms with Crippen molar-refractivity contribution in [3.05, 3.63) is 0 Å². The highest BCUT2D eigenvalue weighted by atomic mass is 28.4. The molecule has 0 atom stereocenters. The van der Waals surface area contributed by atoms with Gasteiger partial charge in [0, 0.05) is 0 Å². The van der Waals surface area contributed by atoms with Crippen LogP contribution in [0.5, 0.6) is 0 Å². The van der Waals surface area contributed by atoms with E-state index in [2.05, 4.69) is 56.2 Å². The molecule has 0 aromatic rings. The summed E-state index contributed by atoms with van der Waals surface area (Å²) in [7, 11) is -2.45. The van der Waals surface area contributed by atoms with E-state index in [1.54, 1.807) is 0 Å². The summed E-state index contributed by atoms with van der Waals surface area (Å²) in [5.41, 5.74) is 0. The van der Waals surface area contributed by atoms with E-state index in [1.807, 2.05) is 0 Å². The molecule has 0 saturated heterocycles. The number of hydrogen-bond acceptors (Lipinski definition) is 2. The van der Waals surface area contributed by atoms with Gasteiger partial charge in [0.2, 0.25) is 0 Å². The fourth-order valence-corrected chi connectivity index (χ4v) is 10.9. The Kier molecular flexibility index (Phi) is 4.16. The van der Waals surface area contributed by atoms with E-state index in [1.165, 1.54) is 0 Å². The molecule has 0 fully saturated rings. The van der Waals surface area contributed by atoms with E-state index in [-0.39, 0.29) is 0 Å². The number of nitrogens with one attached hydrogen (secondary N) is 2. The van der Waals surface area contributed by atoms with E-state index in [0.29, 0.717) is 6.04 Å². The molecule has 0 rings (SSSR count). The van der Waals surface area contributed by atoms with Crippen molar-refractivity contribution in [2.24, 2.45) is 0 Å². The molecule has 0 amide bonds. The molecule has 0 aromatic heterocycles. The Labute approximate surface area is 79.4 Å². The van der Waals surface area contributed by atoms with E-state index in [0.717, 1.165) is 0 Å². The molecule has 2 nitrogen and oxygen atoms in total. The van der Waals surface area contributed by atoms with Crippen LogP contribution >= 0.6 is 0 Å². The van der Waals surface area contributed by atoms with Crippen LogP contribution in [0.3, 0.4) is 0 Å². The third-order valence-electron chi connectivity index (χ3n) is 1.34. The molecular weight excluding hydrogens is 180 g/mol. The third-order valence-corrected chi connectivity index (χ3v) is 8.14. The molecule has 0 aliphatic rings. The molecular formula is C8H24N2Si2. The van der Waals surface area contributed by atoms with Crippen LogP contribution in [0.1, 0.15) is 13.8 Å². The number of hydrogen-bond donors (Lipinski definition) is 2. The molecule has 4 heteroatoms.